The van der Waals surface area contributed by atoms with Crippen LogP contribution in [0.5, 0.6) is 0 Å². The first kappa shape index (κ1) is 15.7. The Bertz CT molecular complexity index is 703. The molecule has 7 heteroatoms. The quantitative estimate of drug-likeness (QED) is 0.904. The topological polar surface area (TPSA) is 78.6 Å². The second-order valence-electron chi connectivity index (χ2n) is 6.73. The smallest absolute Gasteiger partial charge is 0.190 e. The SMILES string of the molecule is CC1(C)O[C@H]2O[C@H](Cn3cc(Cc4ccccc4)nn3)[C@H](O)[C@H]2O1. The van der Waals surface area contributed by atoms with E-state index in [4.69, 9.17) is 14.2 Å². The number of aliphatic hydroxyl groups is 1. The maximum absolute atomic E-state index is 10.4. The predicted molar refractivity (Wildman–Crippen MR) is 84.0 cm³/mol. The standard InChI is InChI=1S/C17H21N3O4/c1-17(2)23-15-14(21)13(22-16(15)24-17)10-20-9-12(18-19-20)8-11-6-4-3-5-7-11/h3-7,9,13-16,21H,8,10H2,1-2H3/t13-,14+,15-,16-/m1/s1. The summed E-state index contributed by atoms with van der Waals surface area (Å²) in [6.07, 6.45) is 0.425. The van der Waals surface area contributed by atoms with Crippen LogP contribution in [0, 0.1) is 0 Å². The monoisotopic (exact) mass is 331 g/mol. The number of fused-ring (bicyclic) bond motifs is 1. The van der Waals surface area contributed by atoms with Gasteiger partial charge in [-0.3, -0.25) is 0 Å². The van der Waals surface area contributed by atoms with Gasteiger partial charge < -0.3 is 19.3 Å². The molecule has 1 aromatic heterocycles. The normalized spacial score (nSPS) is 31.3. The zero-order valence-electron chi connectivity index (χ0n) is 13.7. The van der Waals surface area contributed by atoms with Crippen LogP contribution in [0.2, 0.25) is 0 Å². The van der Waals surface area contributed by atoms with Crippen LogP contribution >= 0.6 is 0 Å². The molecule has 0 spiro atoms. The van der Waals surface area contributed by atoms with Crippen LogP contribution in [0.3, 0.4) is 0 Å². The van der Waals surface area contributed by atoms with E-state index >= 15 is 0 Å². The fraction of sp³-hybridized carbons (Fsp3) is 0.529. The van der Waals surface area contributed by atoms with Gasteiger partial charge in [0.15, 0.2) is 12.1 Å². The molecule has 24 heavy (non-hydrogen) atoms. The van der Waals surface area contributed by atoms with Gasteiger partial charge in [-0.15, -0.1) is 5.10 Å². The van der Waals surface area contributed by atoms with Crippen molar-refractivity contribution in [3.63, 3.8) is 0 Å². The summed E-state index contributed by atoms with van der Waals surface area (Å²) in [5.74, 6) is -0.725. The highest BCUT2D eigenvalue weighted by atomic mass is 16.8. The van der Waals surface area contributed by atoms with Crippen LogP contribution in [0.1, 0.15) is 25.1 Å². The number of aromatic nitrogens is 3. The summed E-state index contributed by atoms with van der Waals surface area (Å²) in [6.45, 7) is 4.02. The Morgan fingerprint density at radius 1 is 1.21 bits per heavy atom. The van der Waals surface area contributed by atoms with Crippen LogP contribution in [-0.2, 0) is 27.2 Å². The van der Waals surface area contributed by atoms with Gasteiger partial charge in [-0.2, -0.15) is 0 Å². The summed E-state index contributed by atoms with van der Waals surface area (Å²) < 4.78 is 18.8. The van der Waals surface area contributed by atoms with Crippen molar-refractivity contribution in [2.45, 2.75) is 57.2 Å². The van der Waals surface area contributed by atoms with Gasteiger partial charge in [0, 0.05) is 12.6 Å². The molecule has 4 rings (SSSR count). The third-order valence-corrected chi connectivity index (χ3v) is 4.30. The third kappa shape index (κ3) is 3.08. The molecule has 0 aliphatic carbocycles. The maximum Gasteiger partial charge on any atom is 0.190 e. The summed E-state index contributed by atoms with van der Waals surface area (Å²) in [4.78, 5) is 0. The summed E-state index contributed by atoms with van der Waals surface area (Å²) in [5.41, 5.74) is 2.06. The van der Waals surface area contributed by atoms with Gasteiger partial charge in [0.05, 0.1) is 12.2 Å². The van der Waals surface area contributed by atoms with Crippen LogP contribution in [0.4, 0.5) is 0 Å². The van der Waals surface area contributed by atoms with E-state index in [1.165, 1.54) is 5.56 Å². The number of aliphatic hydroxyl groups excluding tert-OH is 1. The summed E-state index contributed by atoms with van der Waals surface area (Å²) in [7, 11) is 0. The maximum atomic E-state index is 10.4. The number of nitrogens with zero attached hydrogens (tertiary/aromatic N) is 3. The average Bonchev–Trinajstić information content (AvgIpc) is 3.17. The number of benzene rings is 1. The molecule has 2 saturated heterocycles. The molecule has 3 heterocycles. The van der Waals surface area contributed by atoms with Gasteiger partial charge in [-0.1, -0.05) is 35.5 Å². The van der Waals surface area contributed by atoms with Crippen LogP contribution in [-0.4, -0.2) is 50.5 Å². The fourth-order valence-corrected chi connectivity index (χ4v) is 3.21. The number of hydrogen-bond acceptors (Lipinski definition) is 6. The molecule has 0 radical (unpaired) electrons. The van der Waals surface area contributed by atoms with Crippen LogP contribution in [0.25, 0.3) is 0 Å². The number of rotatable bonds is 4. The first-order valence-electron chi connectivity index (χ1n) is 8.12. The van der Waals surface area contributed by atoms with E-state index in [9.17, 15) is 5.11 Å². The van der Waals surface area contributed by atoms with Crippen LogP contribution < -0.4 is 0 Å². The van der Waals surface area contributed by atoms with E-state index in [-0.39, 0.29) is 0 Å². The molecule has 0 bridgehead atoms. The zero-order chi connectivity index (χ0) is 16.7. The molecular weight excluding hydrogens is 310 g/mol. The highest BCUT2D eigenvalue weighted by Crippen LogP contribution is 2.37. The molecule has 2 aliphatic heterocycles. The van der Waals surface area contributed by atoms with Crippen molar-refractivity contribution < 1.29 is 19.3 Å². The zero-order valence-corrected chi connectivity index (χ0v) is 13.7. The van der Waals surface area contributed by atoms with Crippen molar-refractivity contribution in [3.8, 4) is 0 Å². The molecule has 0 saturated carbocycles. The van der Waals surface area contributed by atoms with E-state index in [1.54, 1.807) is 4.68 Å². The predicted octanol–water partition coefficient (Wildman–Crippen LogP) is 1.11. The van der Waals surface area contributed by atoms with Crippen molar-refractivity contribution in [2.75, 3.05) is 0 Å². The molecule has 1 N–H and O–H groups in total. The lowest BCUT2D eigenvalue weighted by Gasteiger charge is -2.22. The second kappa shape index (κ2) is 5.93. The molecule has 4 atom stereocenters. The third-order valence-electron chi connectivity index (χ3n) is 4.30. The Hall–Kier alpha value is -1.80. The molecule has 2 aliphatic rings. The van der Waals surface area contributed by atoms with E-state index in [0.29, 0.717) is 6.54 Å². The molecular formula is C17H21N3O4. The minimum absolute atomic E-state index is 0.406. The Balaban J connectivity index is 1.39. The largest absolute Gasteiger partial charge is 0.387 e. The molecule has 7 nitrogen and oxygen atoms in total. The molecule has 0 amide bonds. The van der Waals surface area contributed by atoms with E-state index in [1.807, 2.05) is 38.2 Å². The van der Waals surface area contributed by atoms with Crippen molar-refractivity contribution in [1.29, 1.82) is 0 Å². The van der Waals surface area contributed by atoms with E-state index in [2.05, 4.69) is 22.4 Å². The number of ether oxygens (including phenoxy) is 3. The van der Waals surface area contributed by atoms with Crippen molar-refractivity contribution in [2.24, 2.45) is 0 Å². The van der Waals surface area contributed by atoms with Gasteiger partial charge in [0.2, 0.25) is 0 Å². The first-order valence-corrected chi connectivity index (χ1v) is 8.12. The van der Waals surface area contributed by atoms with Crippen molar-refractivity contribution >= 4 is 0 Å². The van der Waals surface area contributed by atoms with Gasteiger partial charge in [0.1, 0.15) is 18.3 Å². The van der Waals surface area contributed by atoms with Crippen molar-refractivity contribution in [3.05, 3.63) is 47.8 Å². The van der Waals surface area contributed by atoms with E-state index < -0.39 is 30.4 Å². The summed E-state index contributed by atoms with van der Waals surface area (Å²) in [5, 5.41) is 18.7. The Labute approximate surface area is 140 Å². The lowest BCUT2D eigenvalue weighted by atomic mass is 10.1. The minimum atomic E-state index is -0.751. The van der Waals surface area contributed by atoms with Gasteiger partial charge >= 0.3 is 0 Å². The Kier molecular flexibility index (Phi) is 3.88. The molecule has 1 aromatic carbocycles. The lowest BCUT2D eigenvalue weighted by molar-refractivity contribution is -0.216. The Morgan fingerprint density at radius 3 is 2.75 bits per heavy atom. The highest BCUT2D eigenvalue weighted by Gasteiger charge is 2.54. The van der Waals surface area contributed by atoms with Gasteiger partial charge in [-0.25, -0.2) is 4.68 Å². The average molecular weight is 331 g/mol. The van der Waals surface area contributed by atoms with Crippen molar-refractivity contribution in [1.82, 2.24) is 15.0 Å². The van der Waals surface area contributed by atoms with Gasteiger partial charge in [0.25, 0.3) is 0 Å². The number of hydrogen-bond donors (Lipinski definition) is 1. The second-order valence-corrected chi connectivity index (χ2v) is 6.73. The Morgan fingerprint density at radius 2 is 2.00 bits per heavy atom. The molecule has 2 aromatic rings. The molecule has 128 valence electrons. The molecule has 2 fully saturated rings. The van der Waals surface area contributed by atoms with E-state index in [0.717, 1.165) is 12.1 Å². The minimum Gasteiger partial charge on any atom is -0.387 e. The lowest BCUT2D eigenvalue weighted by Crippen LogP contribution is -2.36. The summed E-state index contributed by atoms with van der Waals surface area (Å²) in [6, 6.07) is 10.1. The highest BCUT2D eigenvalue weighted by molar-refractivity contribution is 5.19. The first-order chi connectivity index (χ1) is 11.5. The fourth-order valence-electron chi connectivity index (χ4n) is 3.21. The summed E-state index contributed by atoms with van der Waals surface area (Å²) >= 11 is 0. The van der Waals surface area contributed by atoms with Crippen LogP contribution in [0.15, 0.2) is 36.5 Å². The molecule has 0 unspecified atom stereocenters. The van der Waals surface area contributed by atoms with Gasteiger partial charge in [-0.05, 0) is 19.4 Å².